The van der Waals surface area contributed by atoms with Crippen molar-refractivity contribution in [1.82, 2.24) is 9.88 Å². The zero-order chi connectivity index (χ0) is 15.0. The van der Waals surface area contributed by atoms with Crippen LogP contribution in [0.4, 0.5) is 0 Å². The quantitative estimate of drug-likeness (QED) is 0.874. The summed E-state index contributed by atoms with van der Waals surface area (Å²) in [4.78, 5) is 29.3. The van der Waals surface area contributed by atoms with Gasteiger partial charge in [0, 0.05) is 18.1 Å². The van der Waals surface area contributed by atoms with Crippen LogP contribution in [-0.2, 0) is 0 Å². The van der Waals surface area contributed by atoms with E-state index in [0.717, 1.165) is 17.3 Å². The molecule has 3 rings (SSSR count). The van der Waals surface area contributed by atoms with E-state index in [2.05, 4.69) is 4.98 Å². The van der Waals surface area contributed by atoms with Crippen LogP contribution in [0.15, 0.2) is 35.1 Å². The average Bonchev–Trinajstić information content (AvgIpc) is 2.87. The molecule has 0 saturated carbocycles. The van der Waals surface area contributed by atoms with Gasteiger partial charge in [-0.05, 0) is 43.3 Å². The Balaban J connectivity index is 1.98. The predicted octanol–water partition coefficient (Wildman–Crippen LogP) is 1.34. The van der Waals surface area contributed by atoms with Gasteiger partial charge in [-0.1, -0.05) is 18.2 Å². The molecule has 5 heteroatoms. The van der Waals surface area contributed by atoms with Crippen molar-refractivity contribution in [2.45, 2.75) is 19.4 Å². The van der Waals surface area contributed by atoms with Crippen LogP contribution in [0.1, 0.15) is 23.7 Å². The molecule has 1 aromatic heterocycles. The number of aromatic amines is 1. The number of nitrogens with zero attached hydrogens (tertiary/aromatic N) is 1. The van der Waals surface area contributed by atoms with Crippen molar-refractivity contribution >= 4 is 16.8 Å². The topological polar surface area (TPSA) is 79.2 Å². The largest absolute Gasteiger partial charge is 0.335 e. The minimum absolute atomic E-state index is 0.122. The summed E-state index contributed by atoms with van der Waals surface area (Å²) in [6, 6.07) is 9.26. The molecule has 1 aliphatic rings. The Hall–Kier alpha value is -2.14. The zero-order valence-electron chi connectivity index (χ0n) is 12.0. The normalized spacial score (nSPS) is 21.9. The first-order chi connectivity index (χ1) is 10.1. The maximum Gasteiger partial charge on any atom is 0.261 e. The van der Waals surface area contributed by atoms with Gasteiger partial charge in [0.15, 0.2) is 0 Å². The molecule has 1 amide bonds. The minimum Gasteiger partial charge on any atom is -0.335 e. The van der Waals surface area contributed by atoms with E-state index in [1.165, 1.54) is 0 Å². The molecule has 0 bridgehead atoms. The van der Waals surface area contributed by atoms with Crippen LogP contribution in [0.25, 0.3) is 10.9 Å². The standard InChI is InChI=1S/C16H19N3O2/c1-10-6-11(8-17)9-19(10)16(21)13-7-12-4-2-3-5-14(12)18-15(13)20/h2-5,7,10-11H,6,8-9,17H2,1H3,(H,18,20). The summed E-state index contributed by atoms with van der Waals surface area (Å²) >= 11 is 0. The van der Waals surface area contributed by atoms with Crippen LogP contribution in [0.2, 0.25) is 0 Å². The number of nitrogens with two attached hydrogens (primary N) is 1. The van der Waals surface area contributed by atoms with Crippen molar-refractivity contribution < 1.29 is 4.79 Å². The third-order valence-corrected chi connectivity index (χ3v) is 4.24. The average molecular weight is 285 g/mol. The molecule has 5 nitrogen and oxygen atoms in total. The van der Waals surface area contributed by atoms with Gasteiger partial charge in [0.2, 0.25) is 0 Å². The molecule has 1 aliphatic heterocycles. The fraction of sp³-hybridized carbons (Fsp3) is 0.375. The lowest BCUT2D eigenvalue weighted by Crippen LogP contribution is -2.37. The number of likely N-dealkylation sites (tertiary alicyclic amines) is 1. The molecule has 2 aromatic rings. The number of benzene rings is 1. The van der Waals surface area contributed by atoms with Gasteiger partial charge in [0.1, 0.15) is 5.56 Å². The summed E-state index contributed by atoms with van der Waals surface area (Å²) in [5, 5.41) is 0.864. The number of fused-ring (bicyclic) bond motifs is 1. The summed E-state index contributed by atoms with van der Waals surface area (Å²) in [5.74, 6) is 0.119. The van der Waals surface area contributed by atoms with Gasteiger partial charge in [-0.2, -0.15) is 0 Å². The number of nitrogens with one attached hydrogen (secondary N) is 1. The third-order valence-electron chi connectivity index (χ3n) is 4.24. The molecule has 110 valence electrons. The summed E-state index contributed by atoms with van der Waals surface area (Å²) in [6.45, 7) is 3.20. The van der Waals surface area contributed by atoms with Crippen molar-refractivity contribution in [2.24, 2.45) is 11.7 Å². The lowest BCUT2D eigenvalue weighted by atomic mass is 10.1. The minimum atomic E-state index is -0.331. The molecule has 0 aliphatic carbocycles. The van der Waals surface area contributed by atoms with E-state index in [1.807, 2.05) is 31.2 Å². The van der Waals surface area contributed by atoms with E-state index in [4.69, 9.17) is 5.73 Å². The number of amides is 1. The van der Waals surface area contributed by atoms with Gasteiger partial charge in [0.05, 0.1) is 0 Å². The van der Waals surface area contributed by atoms with Crippen molar-refractivity contribution in [3.8, 4) is 0 Å². The molecule has 1 fully saturated rings. The summed E-state index contributed by atoms with van der Waals surface area (Å²) in [6.07, 6.45) is 0.897. The molecule has 0 spiro atoms. The van der Waals surface area contributed by atoms with Crippen molar-refractivity contribution in [1.29, 1.82) is 0 Å². The van der Waals surface area contributed by atoms with Crippen LogP contribution >= 0.6 is 0 Å². The van der Waals surface area contributed by atoms with E-state index < -0.39 is 0 Å². The van der Waals surface area contributed by atoms with Crippen LogP contribution < -0.4 is 11.3 Å². The van der Waals surface area contributed by atoms with Crippen LogP contribution in [0.3, 0.4) is 0 Å². The van der Waals surface area contributed by atoms with Crippen molar-refractivity contribution in [3.05, 3.63) is 46.2 Å². The molecule has 0 radical (unpaired) electrons. The van der Waals surface area contributed by atoms with E-state index in [9.17, 15) is 9.59 Å². The Morgan fingerprint density at radius 3 is 2.90 bits per heavy atom. The van der Waals surface area contributed by atoms with Crippen LogP contribution in [0, 0.1) is 5.92 Å². The highest BCUT2D eigenvalue weighted by atomic mass is 16.2. The SMILES string of the molecule is CC1CC(CN)CN1C(=O)c1cc2ccccc2[nH]c1=O. The van der Waals surface area contributed by atoms with Gasteiger partial charge < -0.3 is 15.6 Å². The Morgan fingerprint density at radius 2 is 2.19 bits per heavy atom. The van der Waals surface area contributed by atoms with Crippen LogP contribution in [0.5, 0.6) is 0 Å². The molecular formula is C16H19N3O2. The number of aromatic nitrogens is 1. The van der Waals surface area contributed by atoms with E-state index in [-0.39, 0.29) is 23.1 Å². The van der Waals surface area contributed by atoms with E-state index >= 15 is 0 Å². The maximum atomic E-state index is 12.6. The summed E-state index contributed by atoms with van der Waals surface area (Å²) < 4.78 is 0. The molecule has 2 unspecified atom stereocenters. The lowest BCUT2D eigenvalue weighted by molar-refractivity contribution is 0.0742. The first kappa shape index (κ1) is 13.8. The van der Waals surface area contributed by atoms with Crippen molar-refractivity contribution in [2.75, 3.05) is 13.1 Å². The smallest absolute Gasteiger partial charge is 0.261 e. The highest BCUT2D eigenvalue weighted by Crippen LogP contribution is 2.24. The first-order valence-electron chi connectivity index (χ1n) is 7.23. The van der Waals surface area contributed by atoms with E-state index in [0.29, 0.717) is 19.0 Å². The fourth-order valence-electron chi connectivity index (χ4n) is 3.06. The van der Waals surface area contributed by atoms with E-state index in [1.54, 1.807) is 11.0 Å². The number of pyridine rings is 1. The molecule has 1 saturated heterocycles. The summed E-state index contributed by atoms with van der Waals surface area (Å²) in [5.41, 5.74) is 6.31. The highest BCUT2D eigenvalue weighted by molar-refractivity contribution is 5.97. The highest BCUT2D eigenvalue weighted by Gasteiger charge is 2.33. The number of rotatable bonds is 2. The van der Waals surface area contributed by atoms with Gasteiger partial charge in [-0.15, -0.1) is 0 Å². The second kappa shape index (κ2) is 5.33. The zero-order valence-corrected chi connectivity index (χ0v) is 12.0. The van der Waals surface area contributed by atoms with Crippen molar-refractivity contribution in [3.63, 3.8) is 0 Å². The predicted molar refractivity (Wildman–Crippen MR) is 82.2 cm³/mol. The Kier molecular flexibility index (Phi) is 3.51. The monoisotopic (exact) mass is 285 g/mol. The Bertz CT molecular complexity index is 738. The second-order valence-electron chi connectivity index (χ2n) is 5.74. The molecular weight excluding hydrogens is 266 g/mol. The lowest BCUT2D eigenvalue weighted by Gasteiger charge is -2.21. The first-order valence-corrected chi connectivity index (χ1v) is 7.23. The number of para-hydroxylation sites is 1. The van der Waals surface area contributed by atoms with Gasteiger partial charge >= 0.3 is 0 Å². The number of carbonyl (C=O) groups is 1. The molecule has 1 aromatic carbocycles. The maximum absolute atomic E-state index is 12.6. The van der Waals surface area contributed by atoms with Gasteiger partial charge in [0.25, 0.3) is 11.5 Å². The molecule has 2 atom stereocenters. The fourth-order valence-corrected chi connectivity index (χ4v) is 3.06. The number of carbonyl (C=O) groups excluding carboxylic acids is 1. The summed E-state index contributed by atoms with van der Waals surface area (Å²) in [7, 11) is 0. The third kappa shape index (κ3) is 2.45. The Labute approximate surface area is 122 Å². The van der Waals surface area contributed by atoms with Crippen LogP contribution in [-0.4, -0.2) is 34.9 Å². The second-order valence-corrected chi connectivity index (χ2v) is 5.74. The Morgan fingerprint density at radius 1 is 1.43 bits per heavy atom. The number of H-pyrrole nitrogens is 1. The number of hydrogen-bond donors (Lipinski definition) is 2. The molecule has 21 heavy (non-hydrogen) atoms. The van der Waals surface area contributed by atoms with Gasteiger partial charge in [-0.3, -0.25) is 9.59 Å². The number of hydrogen-bond acceptors (Lipinski definition) is 3. The molecule has 3 N–H and O–H groups in total. The molecule has 2 heterocycles. The van der Waals surface area contributed by atoms with Gasteiger partial charge in [-0.25, -0.2) is 0 Å².